The maximum atomic E-state index is 13.3. The van der Waals surface area contributed by atoms with Gasteiger partial charge in [0.1, 0.15) is 5.82 Å². The zero-order chi connectivity index (χ0) is 24.2. The average molecular weight is 477 g/mol. The predicted octanol–water partition coefficient (Wildman–Crippen LogP) is 4.62. The molecule has 4 aromatic rings. The normalized spacial score (nSPS) is 10.6. The number of carbonyl (C=O) groups excluding carboxylic acids is 3. The van der Waals surface area contributed by atoms with Gasteiger partial charge >= 0.3 is 0 Å². The lowest BCUT2D eigenvalue weighted by Crippen LogP contribution is -2.41. The molecule has 0 saturated heterocycles. The van der Waals surface area contributed by atoms with E-state index in [2.05, 4.69) is 16.2 Å². The number of benzene rings is 2. The van der Waals surface area contributed by atoms with Crippen LogP contribution in [0.15, 0.2) is 72.1 Å². The minimum Gasteiger partial charge on any atom is -0.321 e. The number of amides is 3. The van der Waals surface area contributed by atoms with Gasteiger partial charge in [0.2, 0.25) is 0 Å². The molecule has 0 saturated carbocycles. The predicted molar refractivity (Wildman–Crippen MR) is 129 cm³/mol. The summed E-state index contributed by atoms with van der Waals surface area (Å²) in [6.45, 7) is 3.61. The van der Waals surface area contributed by atoms with Gasteiger partial charge in [-0.1, -0.05) is 12.1 Å². The first-order chi connectivity index (χ1) is 16.3. The molecule has 7 nitrogen and oxygen atoms in total. The third kappa shape index (κ3) is 4.89. The van der Waals surface area contributed by atoms with Gasteiger partial charge in [-0.05, 0) is 73.8 Å². The van der Waals surface area contributed by atoms with Crippen LogP contribution in [0.3, 0.4) is 0 Å². The number of nitrogens with zero attached hydrogens (tertiary/aromatic N) is 1. The van der Waals surface area contributed by atoms with E-state index in [4.69, 9.17) is 0 Å². The molecular weight excluding hydrogens is 455 g/mol. The van der Waals surface area contributed by atoms with Crippen LogP contribution in [0.4, 0.5) is 10.1 Å². The molecule has 0 unspecified atom stereocenters. The molecule has 0 spiro atoms. The van der Waals surface area contributed by atoms with Gasteiger partial charge in [0.05, 0.1) is 10.4 Å². The lowest BCUT2D eigenvalue weighted by atomic mass is 10.2. The molecule has 172 valence electrons. The molecular formula is C25H21FN4O3S. The maximum Gasteiger partial charge on any atom is 0.271 e. The van der Waals surface area contributed by atoms with E-state index < -0.39 is 11.8 Å². The van der Waals surface area contributed by atoms with Crippen molar-refractivity contribution in [3.63, 3.8) is 0 Å². The van der Waals surface area contributed by atoms with Crippen molar-refractivity contribution in [3.8, 4) is 5.69 Å². The van der Waals surface area contributed by atoms with Crippen LogP contribution in [0.1, 0.15) is 41.8 Å². The van der Waals surface area contributed by atoms with Crippen molar-refractivity contribution in [3.05, 3.63) is 105 Å². The number of hydrazine groups is 1. The van der Waals surface area contributed by atoms with Crippen LogP contribution < -0.4 is 16.2 Å². The van der Waals surface area contributed by atoms with Crippen LogP contribution >= 0.6 is 11.3 Å². The number of carbonyl (C=O) groups is 3. The van der Waals surface area contributed by atoms with Crippen LogP contribution in [-0.4, -0.2) is 22.3 Å². The molecule has 2 aromatic carbocycles. The Balaban J connectivity index is 1.42. The summed E-state index contributed by atoms with van der Waals surface area (Å²) in [6.07, 6.45) is 0. The van der Waals surface area contributed by atoms with Gasteiger partial charge < -0.3 is 9.88 Å². The Morgan fingerprint density at radius 2 is 1.59 bits per heavy atom. The summed E-state index contributed by atoms with van der Waals surface area (Å²) < 4.78 is 15.1. The van der Waals surface area contributed by atoms with Crippen LogP contribution in [0, 0.1) is 19.7 Å². The summed E-state index contributed by atoms with van der Waals surface area (Å²) in [7, 11) is 0. The minimum absolute atomic E-state index is 0.265. The van der Waals surface area contributed by atoms with Crippen molar-refractivity contribution in [1.82, 2.24) is 15.4 Å². The number of aromatic nitrogens is 1. The average Bonchev–Trinajstić information content (AvgIpc) is 3.47. The van der Waals surface area contributed by atoms with Crippen molar-refractivity contribution in [2.75, 3.05) is 5.32 Å². The first-order valence-corrected chi connectivity index (χ1v) is 11.2. The van der Waals surface area contributed by atoms with E-state index in [0.29, 0.717) is 21.8 Å². The molecule has 0 fully saturated rings. The van der Waals surface area contributed by atoms with Gasteiger partial charge in [-0.2, -0.15) is 0 Å². The maximum absolute atomic E-state index is 13.3. The summed E-state index contributed by atoms with van der Waals surface area (Å²) in [4.78, 5) is 38.1. The van der Waals surface area contributed by atoms with E-state index in [1.807, 2.05) is 11.5 Å². The highest BCUT2D eigenvalue weighted by Crippen LogP contribution is 2.21. The second kappa shape index (κ2) is 9.72. The van der Waals surface area contributed by atoms with Gasteiger partial charge in [-0.3, -0.25) is 25.2 Å². The van der Waals surface area contributed by atoms with Gasteiger partial charge in [-0.25, -0.2) is 4.39 Å². The molecule has 4 rings (SSSR count). The summed E-state index contributed by atoms with van der Waals surface area (Å²) in [6, 6.07) is 17.5. The summed E-state index contributed by atoms with van der Waals surface area (Å²) in [5.41, 5.74) is 8.08. The molecule has 0 bridgehead atoms. The molecule has 2 heterocycles. The first-order valence-electron chi connectivity index (χ1n) is 10.3. The van der Waals surface area contributed by atoms with Crippen molar-refractivity contribution in [1.29, 1.82) is 0 Å². The Morgan fingerprint density at radius 1 is 0.853 bits per heavy atom. The summed E-state index contributed by atoms with van der Waals surface area (Å²) >= 11 is 1.32. The number of aryl methyl sites for hydroxylation is 1. The molecule has 0 aliphatic rings. The lowest BCUT2D eigenvalue weighted by molar-refractivity contribution is 0.0846. The molecule has 3 amide bonds. The number of thiophene rings is 1. The van der Waals surface area contributed by atoms with E-state index in [1.165, 1.54) is 29.5 Å². The van der Waals surface area contributed by atoms with Gasteiger partial charge in [0.25, 0.3) is 17.7 Å². The molecule has 9 heteroatoms. The van der Waals surface area contributed by atoms with Crippen molar-refractivity contribution >= 4 is 34.7 Å². The molecule has 0 aliphatic carbocycles. The topological polar surface area (TPSA) is 92.2 Å². The van der Waals surface area contributed by atoms with Crippen molar-refractivity contribution in [2.24, 2.45) is 0 Å². The van der Waals surface area contributed by atoms with Crippen LogP contribution in [0.5, 0.6) is 0 Å². The fraction of sp³-hybridized carbons (Fsp3) is 0.0800. The third-order valence-corrected chi connectivity index (χ3v) is 6.05. The number of nitrogens with one attached hydrogen (secondary N) is 3. The summed E-state index contributed by atoms with van der Waals surface area (Å²) in [5.74, 6) is -1.63. The zero-order valence-electron chi connectivity index (χ0n) is 18.4. The van der Waals surface area contributed by atoms with E-state index in [0.717, 1.165) is 11.4 Å². The van der Waals surface area contributed by atoms with Crippen LogP contribution in [-0.2, 0) is 0 Å². The summed E-state index contributed by atoms with van der Waals surface area (Å²) in [5, 5.41) is 4.55. The standard InChI is InChI=1S/C25H21FN4O3S/c1-15-13-21(16(2)30(15)20-10-8-18(26)9-11-20)24(32)29-28-23(31)17-5-3-6-19(14-17)27-25(33)22-7-4-12-34-22/h3-14H,1-2H3,(H,27,33)(H,28,31)(H,29,32). The van der Waals surface area contributed by atoms with Gasteiger partial charge in [-0.15, -0.1) is 11.3 Å². The van der Waals surface area contributed by atoms with E-state index >= 15 is 0 Å². The lowest BCUT2D eigenvalue weighted by Gasteiger charge is -2.11. The molecule has 0 atom stereocenters. The van der Waals surface area contributed by atoms with Crippen molar-refractivity contribution in [2.45, 2.75) is 13.8 Å². The molecule has 0 aliphatic heterocycles. The number of hydrogen-bond acceptors (Lipinski definition) is 4. The van der Waals surface area contributed by atoms with Gasteiger partial charge in [0, 0.05) is 28.3 Å². The van der Waals surface area contributed by atoms with Crippen LogP contribution in [0.25, 0.3) is 5.69 Å². The smallest absolute Gasteiger partial charge is 0.271 e. The Bertz CT molecular complexity index is 1360. The quantitative estimate of drug-likeness (QED) is 0.367. The molecule has 0 radical (unpaired) electrons. The van der Waals surface area contributed by atoms with Gasteiger partial charge in [0.15, 0.2) is 0 Å². The highest BCUT2D eigenvalue weighted by Gasteiger charge is 2.18. The Kier molecular flexibility index (Phi) is 6.55. The van der Waals surface area contributed by atoms with Crippen molar-refractivity contribution < 1.29 is 18.8 Å². The SMILES string of the molecule is Cc1cc(C(=O)NNC(=O)c2cccc(NC(=O)c3cccs3)c2)c(C)n1-c1ccc(F)cc1. The Labute approximate surface area is 199 Å². The largest absolute Gasteiger partial charge is 0.321 e. The zero-order valence-corrected chi connectivity index (χ0v) is 19.2. The van der Waals surface area contributed by atoms with E-state index in [9.17, 15) is 18.8 Å². The first kappa shape index (κ1) is 22.9. The Hall–Kier alpha value is -4.24. The second-order valence-electron chi connectivity index (χ2n) is 7.52. The fourth-order valence-corrected chi connectivity index (χ4v) is 4.19. The highest BCUT2D eigenvalue weighted by atomic mass is 32.1. The van der Waals surface area contributed by atoms with E-state index in [1.54, 1.807) is 60.8 Å². The van der Waals surface area contributed by atoms with E-state index in [-0.39, 0.29) is 17.3 Å². The second-order valence-corrected chi connectivity index (χ2v) is 8.46. The molecule has 3 N–H and O–H groups in total. The fourth-order valence-electron chi connectivity index (χ4n) is 3.57. The number of anilines is 1. The Morgan fingerprint density at radius 3 is 2.29 bits per heavy atom. The van der Waals surface area contributed by atoms with Crippen LogP contribution in [0.2, 0.25) is 0 Å². The highest BCUT2D eigenvalue weighted by molar-refractivity contribution is 7.12. The number of halogens is 1. The number of rotatable bonds is 5. The molecule has 2 aromatic heterocycles. The monoisotopic (exact) mass is 476 g/mol. The minimum atomic E-state index is -0.534. The third-order valence-electron chi connectivity index (χ3n) is 5.18. The molecule has 34 heavy (non-hydrogen) atoms. The number of hydrogen-bond donors (Lipinski definition) is 3.